The van der Waals surface area contributed by atoms with Gasteiger partial charge >= 0.3 is 6.09 Å². The van der Waals surface area contributed by atoms with E-state index < -0.39 is 6.09 Å². The van der Waals surface area contributed by atoms with E-state index >= 15 is 0 Å². The molecule has 0 bridgehead atoms. The predicted molar refractivity (Wildman–Crippen MR) is 76.3 cm³/mol. The van der Waals surface area contributed by atoms with E-state index in [-0.39, 0.29) is 0 Å². The summed E-state index contributed by atoms with van der Waals surface area (Å²) in [6.45, 7) is 4.61. The third-order valence-corrected chi connectivity index (χ3v) is 3.65. The molecule has 1 saturated heterocycles. The number of hydrogen-bond donors (Lipinski definition) is 1. The quantitative estimate of drug-likeness (QED) is 0.889. The Morgan fingerprint density at radius 2 is 2.00 bits per heavy atom. The van der Waals surface area contributed by atoms with Gasteiger partial charge in [-0.05, 0) is 0 Å². The van der Waals surface area contributed by atoms with Gasteiger partial charge in [0, 0.05) is 58.7 Å². The van der Waals surface area contributed by atoms with Crippen LogP contribution in [0.4, 0.5) is 10.6 Å². The van der Waals surface area contributed by atoms with Crippen molar-refractivity contribution in [1.29, 1.82) is 0 Å². The van der Waals surface area contributed by atoms with Gasteiger partial charge in [-0.2, -0.15) is 0 Å². The molecule has 0 spiro atoms. The molecule has 2 rings (SSSR count). The molecule has 20 heavy (non-hydrogen) atoms. The Bertz CT molecular complexity index is 465. The summed E-state index contributed by atoms with van der Waals surface area (Å²) in [5.74, 6) is 0.719. The average molecular weight is 300 g/mol. The fourth-order valence-corrected chi connectivity index (χ4v) is 2.32. The number of rotatable bonds is 4. The Balaban J connectivity index is 1.81. The number of halogens is 1. The van der Waals surface area contributed by atoms with Crippen LogP contribution in [0.2, 0.25) is 5.15 Å². The minimum absolute atomic E-state index is 0.423. The maximum Gasteiger partial charge on any atom is 0.407 e. The van der Waals surface area contributed by atoms with E-state index in [9.17, 15) is 4.79 Å². The second kappa shape index (κ2) is 6.71. The van der Waals surface area contributed by atoms with Crippen LogP contribution in [0.25, 0.3) is 0 Å². The number of nitrogens with zero attached hydrogens (tertiary/aromatic N) is 5. The molecule has 1 N–H and O–H groups in total. The number of aromatic nitrogens is 2. The Labute approximate surface area is 122 Å². The summed E-state index contributed by atoms with van der Waals surface area (Å²) < 4.78 is 0. The van der Waals surface area contributed by atoms with Gasteiger partial charge in [0.25, 0.3) is 0 Å². The molecule has 110 valence electrons. The molecular formula is C12H18ClN5O2. The first-order chi connectivity index (χ1) is 9.58. The lowest BCUT2D eigenvalue weighted by Gasteiger charge is -2.35. The van der Waals surface area contributed by atoms with Crippen LogP contribution in [-0.2, 0) is 0 Å². The Morgan fingerprint density at radius 1 is 1.35 bits per heavy atom. The van der Waals surface area contributed by atoms with Gasteiger partial charge in [-0.15, -0.1) is 0 Å². The molecule has 1 aliphatic heterocycles. The minimum Gasteiger partial charge on any atom is -0.465 e. The van der Waals surface area contributed by atoms with Crippen LogP contribution in [0, 0.1) is 0 Å². The summed E-state index contributed by atoms with van der Waals surface area (Å²) in [4.78, 5) is 24.6. The zero-order valence-corrected chi connectivity index (χ0v) is 12.1. The highest BCUT2D eigenvalue weighted by atomic mass is 35.5. The van der Waals surface area contributed by atoms with Gasteiger partial charge in [0.1, 0.15) is 0 Å². The molecule has 2 heterocycles. The van der Waals surface area contributed by atoms with Gasteiger partial charge in [0.05, 0.1) is 0 Å². The van der Waals surface area contributed by atoms with Crippen molar-refractivity contribution in [3.8, 4) is 0 Å². The predicted octanol–water partition coefficient (Wildman–Crippen LogP) is 0.862. The molecule has 8 heteroatoms. The van der Waals surface area contributed by atoms with Crippen molar-refractivity contribution in [2.75, 3.05) is 51.2 Å². The van der Waals surface area contributed by atoms with Gasteiger partial charge in [-0.3, -0.25) is 4.90 Å². The summed E-state index contributed by atoms with van der Waals surface area (Å²) in [7, 11) is 1.58. The van der Waals surface area contributed by atoms with E-state index in [0.717, 1.165) is 38.5 Å². The highest BCUT2D eigenvalue weighted by Gasteiger charge is 2.20. The van der Waals surface area contributed by atoms with E-state index in [0.29, 0.717) is 11.7 Å². The van der Waals surface area contributed by atoms with Gasteiger partial charge in [-0.25, -0.2) is 14.8 Å². The molecule has 1 fully saturated rings. The lowest BCUT2D eigenvalue weighted by atomic mass is 10.3. The van der Waals surface area contributed by atoms with Gasteiger partial charge in [-0.1, -0.05) is 11.6 Å². The van der Waals surface area contributed by atoms with E-state index in [1.54, 1.807) is 19.4 Å². The molecule has 1 aromatic rings. The fourth-order valence-electron chi connectivity index (χ4n) is 2.10. The topological polar surface area (TPSA) is 72.8 Å². The van der Waals surface area contributed by atoms with E-state index in [4.69, 9.17) is 16.7 Å². The Morgan fingerprint density at radius 3 is 2.60 bits per heavy atom. The Kier molecular flexibility index (Phi) is 4.97. The van der Waals surface area contributed by atoms with Gasteiger partial charge in [0.2, 0.25) is 0 Å². The molecule has 0 unspecified atom stereocenters. The monoisotopic (exact) mass is 299 g/mol. The molecule has 7 nitrogen and oxygen atoms in total. The largest absolute Gasteiger partial charge is 0.465 e. The first-order valence-corrected chi connectivity index (χ1v) is 6.83. The zero-order valence-electron chi connectivity index (χ0n) is 11.4. The van der Waals surface area contributed by atoms with E-state index in [1.165, 1.54) is 4.90 Å². The molecule has 1 aromatic heterocycles. The normalized spacial score (nSPS) is 16.2. The summed E-state index contributed by atoms with van der Waals surface area (Å²) >= 11 is 6.03. The molecule has 0 atom stereocenters. The maximum atomic E-state index is 10.7. The van der Waals surface area contributed by atoms with Crippen molar-refractivity contribution in [3.05, 3.63) is 17.5 Å². The van der Waals surface area contributed by atoms with Crippen molar-refractivity contribution >= 4 is 23.5 Å². The molecule has 0 saturated carbocycles. The number of likely N-dealkylation sites (N-methyl/N-ethyl adjacent to an activating group) is 1. The van der Waals surface area contributed by atoms with Crippen molar-refractivity contribution in [1.82, 2.24) is 19.8 Å². The SMILES string of the molecule is CN(CCN1CCN(c2nccnc2Cl)CC1)C(=O)O. The van der Waals surface area contributed by atoms with Crippen molar-refractivity contribution in [3.63, 3.8) is 0 Å². The first-order valence-electron chi connectivity index (χ1n) is 6.46. The van der Waals surface area contributed by atoms with Crippen molar-refractivity contribution in [2.45, 2.75) is 0 Å². The van der Waals surface area contributed by atoms with Crippen LogP contribution in [-0.4, -0.2) is 77.3 Å². The summed E-state index contributed by atoms with van der Waals surface area (Å²) in [5.41, 5.74) is 0. The number of carboxylic acid groups (broad SMARTS) is 1. The number of anilines is 1. The van der Waals surface area contributed by atoms with Crippen molar-refractivity contribution < 1.29 is 9.90 Å². The van der Waals surface area contributed by atoms with Crippen LogP contribution >= 0.6 is 11.6 Å². The van der Waals surface area contributed by atoms with Crippen LogP contribution in [0.3, 0.4) is 0 Å². The Hall–Kier alpha value is -1.60. The van der Waals surface area contributed by atoms with E-state index in [1.807, 2.05) is 0 Å². The third-order valence-electron chi connectivity index (χ3n) is 3.39. The zero-order chi connectivity index (χ0) is 14.5. The summed E-state index contributed by atoms with van der Waals surface area (Å²) in [6, 6.07) is 0. The fraction of sp³-hybridized carbons (Fsp3) is 0.583. The van der Waals surface area contributed by atoms with Crippen LogP contribution < -0.4 is 4.90 Å². The standard InChI is InChI=1S/C12H18ClN5O2/c1-16(12(19)20)4-5-17-6-8-18(9-7-17)11-10(13)14-2-3-15-11/h2-3H,4-9H2,1H3,(H,19,20). The van der Waals surface area contributed by atoms with Crippen LogP contribution in [0.1, 0.15) is 0 Å². The number of amides is 1. The molecule has 0 aliphatic carbocycles. The minimum atomic E-state index is -0.894. The summed E-state index contributed by atoms with van der Waals surface area (Å²) in [6.07, 6.45) is 2.31. The molecule has 1 aliphatic rings. The number of hydrogen-bond acceptors (Lipinski definition) is 5. The second-order valence-corrected chi connectivity index (χ2v) is 5.06. The maximum absolute atomic E-state index is 10.7. The first kappa shape index (κ1) is 14.8. The smallest absolute Gasteiger partial charge is 0.407 e. The van der Waals surface area contributed by atoms with Crippen molar-refractivity contribution in [2.24, 2.45) is 0 Å². The van der Waals surface area contributed by atoms with Gasteiger partial charge < -0.3 is 14.9 Å². The molecule has 0 aromatic carbocycles. The number of carbonyl (C=O) groups is 1. The highest BCUT2D eigenvalue weighted by molar-refractivity contribution is 6.31. The molecule has 0 radical (unpaired) electrons. The van der Waals surface area contributed by atoms with Gasteiger partial charge in [0.15, 0.2) is 11.0 Å². The average Bonchev–Trinajstić information content (AvgIpc) is 2.46. The second-order valence-electron chi connectivity index (χ2n) is 4.70. The van der Waals surface area contributed by atoms with Crippen LogP contribution in [0.15, 0.2) is 12.4 Å². The summed E-state index contributed by atoms with van der Waals surface area (Å²) in [5, 5.41) is 9.22. The highest BCUT2D eigenvalue weighted by Crippen LogP contribution is 2.20. The number of piperazine rings is 1. The van der Waals surface area contributed by atoms with E-state index in [2.05, 4.69) is 19.8 Å². The lowest BCUT2D eigenvalue weighted by molar-refractivity contribution is 0.146. The third kappa shape index (κ3) is 3.71. The molecular weight excluding hydrogens is 282 g/mol. The molecule has 1 amide bonds. The van der Waals surface area contributed by atoms with Crippen LogP contribution in [0.5, 0.6) is 0 Å². The lowest BCUT2D eigenvalue weighted by Crippen LogP contribution is -2.48.